The Balaban J connectivity index is 1.12. The van der Waals surface area contributed by atoms with Crippen LogP contribution in [0.4, 0.5) is 5.82 Å². The zero-order valence-corrected chi connectivity index (χ0v) is 24.9. The van der Waals surface area contributed by atoms with Gasteiger partial charge in [0.2, 0.25) is 11.8 Å². The van der Waals surface area contributed by atoms with E-state index in [2.05, 4.69) is 15.3 Å². The van der Waals surface area contributed by atoms with Gasteiger partial charge in [0.25, 0.3) is 0 Å². The number of hydrogen-bond donors (Lipinski definition) is 1. The van der Waals surface area contributed by atoms with Crippen LogP contribution in [-0.2, 0) is 30.8 Å². The molecule has 0 spiro atoms. The monoisotopic (exact) mass is 603 g/mol. The van der Waals surface area contributed by atoms with Gasteiger partial charge in [-0.2, -0.15) is 0 Å². The number of amides is 1. The van der Waals surface area contributed by atoms with E-state index in [1.54, 1.807) is 12.1 Å². The number of rotatable bonds is 14. The first kappa shape index (κ1) is 29.4. The minimum Gasteiger partial charge on any atom is -0.474 e. The van der Waals surface area contributed by atoms with Gasteiger partial charge in [0.1, 0.15) is 12.4 Å². The van der Waals surface area contributed by atoms with Crippen molar-refractivity contribution in [1.82, 2.24) is 9.97 Å². The van der Waals surface area contributed by atoms with Crippen LogP contribution in [0, 0.1) is 5.92 Å². The van der Waals surface area contributed by atoms with Gasteiger partial charge in [0.05, 0.1) is 41.7 Å². The lowest BCUT2D eigenvalue weighted by Crippen LogP contribution is -2.24. The third-order valence-electron chi connectivity index (χ3n) is 8.43. The van der Waals surface area contributed by atoms with Crippen LogP contribution < -0.4 is 10.1 Å². The minimum atomic E-state index is -3.35. The summed E-state index contributed by atoms with van der Waals surface area (Å²) < 4.78 is 37.6. The van der Waals surface area contributed by atoms with Gasteiger partial charge in [0.15, 0.2) is 15.7 Å². The molecule has 1 amide bonds. The average Bonchev–Trinajstić information content (AvgIpc) is 3.94. The van der Waals surface area contributed by atoms with Crippen LogP contribution in [0.5, 0.6) is 5.88 Å². The van der Waals surface area contributed by atoms with Gasteiger partial charge >= 0.3 is 0 Å². The largest absolute Gasteiger partial charge is 0.474 e. The number of hydrogen-bond acceptors (Lipinski definition) is 8. The van der Waals surface area contributed by atoms with Crippen molar-refractivity contribution in [2.24, 2.45) is 5.92 Å². The van der Waals surface area contributed by atoms with E-state index < -0.39 is 15.8 Å². The Morgan fingerprint density at radius 3 is 2.47 bits per heavy atom. The molecule has 6 rings (SSSR count). The van der Waals surface area contributed by atoms with Gasteiger partial charge < -0.3 is 14.8 Å². The number of nitrogens with one attached hydrogen (secondary N) is 1. The van der Waals surface area contributed by atoms with E-state index >= 15 is 0 Å². The molecule has 226 valence electrons. The quantitative estimate of drug-likeness (QED) is 0.244. The normalized spacial score (nSPS) is 19.3. The van der Waals surface area contributed by atoms with Crippen molar-refractivity contribution in [1.29, 1.82) is 0 Å². The van der Waals surface area contributed by atoms with Gasteiger partial charge in [0, 0.05) is 12.8 Å². The average molecular weight is 604 g/mol. The fraction of sp³-hybridized carbons (Fsp3) is 0.455. The summed E-state index contributed by atoms with van der Waals surface area (Å²) in [6.07, 6.45) is 8.51. The number of benzene rings is 2. The lowest BCUT2D eigenvalue weighted by Gasteiger charge is -2.22. The molecule has 0 radical (unpaired) electrons. The first-order valence-corrected chi connectivity index (χ1v) is 16.7. The van der Waals surface area contributed by atoms with Gasteiger partial charge in [-0.3, -0.25) is 9.59 Å². The molecule has 3 aliphatic rings. The summed E-state index contributed by atoms with van der Waals surface area (Å²) in [5, 5.41) is 2.60. The molecular weight excluding hydrogens is 566 g/mol. The highest BCUT2D eigenvalue weighted by Crippen LogP contribution is 2.47. The second-order valence-corrected chi connectivity index (χ2v) is 14.1. The maximum atomic E-state index is 13.7. The standard InChI is InChI=1S/C33H37N3O6S/c37-26-10-6-23(16-26)17-29(25-9-13-30(28(18-25)24-7-8-24)43(39,40)27-11-12-27)33(38)36-31-19-35-32(20-34-31)42-15-14-41-21-22-4-2-1-3-5-22/h1-5,9,13,18-20,23-24,27,29H,6-8,10-12,14-17,21H2,(H,34,36,38)/t23-,29?/m0/s1. The predicted octanol–water partition coefficient (Wildman–Crippen LogP) is 5.37. The fourth-order valence-electron chi connectivity index (χ4n) is 5.77. The predicted molar refractivity (Wildman–Crippen MR) is 161 cm³/mol. The van der Waals surface area contributed by atoms with Crippen molar-refractivity contribution in [2.75, 3.05) is 18.5 Å². The molecule has 0 saturated heterocycles. The van der Waals surface area contributed by atoms with Crippen LogP contribution in [0.2, 0.25) is 0 Å². The second kappa shape index (κ2) is 12.9. The van der Waals surface area contributed by atoms with Crippen LogP contribution in [0.3, 0.4) is 0 Å². The second-order valence-electron chi connectivity index (χ2n) is 11.9. The summed E-state index contributed by atoms with van der Waals surface area (Å²) >= 11 is 0. The molecule has 3 aromatic rings. The van der Waals surface area contributed by atoms with Crippen molar-refractivity contribution in [3.8, 4) is 5.88 Å². The number of Topliss-reactive ketones (excluding diaryl/α,β-unsaturated/α-hetero) is 1. The zero-order valence-electron chi connectivity index (χ0n) is 24.1. The number of carbonyl (C=O) groups is 2. The van der Waals surface area contributed by atoms with Gasteiger partial charge in [-0.15, -0.1) is 0 Å². The van der Waals surface area contributed by atoms with Crippen molar-refractivity contribution >= 4 is 27.3 Å². The maximum absolute atomic E-state index is 13.7. The Morgan fingerprint density at radius 2 is 1.79 bits per heavy atom. The Kier molecular flexibility index (Phi) is 8.85. The molecule has 1 aromatic heterocycles. The highest BCUT2D eigenvalue weighted by molar-refractivity contribution is 7.92. The number of sulfone groups is 1. The van der Waals surface area contributed by atoms with E-state index in [1.165, 1.54) is 12.4 Å². The third kappa shape index (κ3) is 7.48. The summed E-state index contributed by atoms with van der Waals surface area (Å²) in [5.74, 6) is 0.350. The van der Waals surface area contributed by atoms with E-state index in [0.29, 0.717) is 68.5 Å². The highest BCUT2D eigenvalue weighted by Gasteiger charge is 2.41. The SMILES string of the molecule is O=C1CC[C@H](CC(C(=O)Nc2cnc(OCCOCc3ccccc3)cn2)c2ccc(S(=O)(=O)C3CC3)c(C3CC3)c2)C1. The van der Waals surface area contributed by atoms with Crippen LogP contribution in [-0.4, -0.2) is 48.5 Å². The molecular formula is C33H37N3O6S. The van der Waals surface area contributed by atoms with Crippen molar-refractivity contribution < 1.29 is 27.5 Å². The number of anilines is 1. The van der Waals surface area contributed by atoms with E-state index in [-0.39, 0.29) is 28.8 Å². The number of ether oxygens (including phenoxy) is 2. The van der Waals surface area contributed by atoms with Crippen molar-refractivity contribution in [3.05, 3.63) is 77.6 Å². The molecule has 3 fully saturated rings. The van der Waals surface area contributed by atoms with Crippen LogP contribution in [0.25, 0.3) is 0 Å². The van der Waals surface area contributed by atoms with Gasteiger partial charge in [-0.1, -0.05) is 42.5 Å². The molecule has 3 aliphatic carbocycles. The van der Waals surface area contributed by atoms with Gasteiger partial charge in [-0.05, 0) is 73.1 Å². The first-order valence-electron chi connectivity index (χ1n) is 15.1. The maximum Gasteiger partial charge on any atom is 0.233 e. The van der Waals surface area contributed by atoms with Gasteiger partial charge in [-0.25, -0.2) is 18.4 Å². The van der Waals surface area contributed by atoms with E-state index in [0.717, 1.165) is 36.0 Å². The first-order chi connectivity index (χ1) is 20.9. The van der Waals surface area contributed by atoms with E-state index in [9.17, 15) is 18.0 Å². The fourth-order valence-corrected chi connectivity index (χ4v) is 7.70. The third-order valence-corrected chi connectivity index (χ3v) is 10.8. The summed E-state index contributed by atoms with van der Waals surface area (Å²) in [7, 11) is -3.35. The minimum absolute atomic E-state index is 0.105. The van der Waals surface area contributed by atoms with E-state index in [4.69, 9.17) is 9.47 Å². The molecule has 1 N–H and O–H groups in total. The molecule has 0 aliphatic heterocycles. The molecule has 1 unspecified atom stereocenters. The molecule has 2 atom stereocenters. The summed E-state index contributed by atoms with van der Waals surface area (Å²) in [5.41, 5.74) is 2.69. The van der Waals surface area contributed by atoms with Crippen molar-refractivity contribution in [2.45, 2.75) is 80.0 Å². The smallest absolute Gasteiger partial charge is 0.233 e. The molecule has 2 aromatic carbocycles. The highest BCUT2D eigenvalue weighted by atomic mass is 32.2. The molecule has 1 heterocycles. The number of carbonyl (C=O) groups excluding carboxylic acids is 2. The Labute approximate surface area is 252 Å². The summed E-state index contributed by atoms with van der Waals surface area (Å²) in [4.78, 5) is 34.7. The molecule has 43 heavy (non-hydrogen) atoms. The van der Waals surface area contributed by atoms with E-state index in [1.807, 2.05) is 36.4 Å². The lowest BCUT2D eigenvalue weighted by molar-refractivity contribution is -0.119. The molecule has 9 nitrogen and oxygen atoms in total. The zero-order chi connectivity index (χ0) is 29.8. The number of aromatic nitrogens is 2. The van der Waals surface area contributed by atoms with Crippen LogP contribution >= 0.6 is 0 Å². The lowest BCUT2D eigenvalue weighted by atomic mass is 9.86. The summed E-state index contributed by atoms with van der Waals surface area (Å²) in [6.45, 7) is 1.20. The number of ketones is 1. The van der Waals surface area contributed by atoms with Crippen LogP contribution in [0.15, 0.2) is 65.8 Å². The Bertz CT molecular complexity index is 1550. The molecule has 0 bridgehead atoms. The summed E-state index contributed by atoms with van der Waals surface area (Å²) in [6, 6.07) is 15.3. The molecule has 10 heteroatoms. The molecule has 3 saturated carbocycles. The Hall–Kier alpha value is -3.63. The van der Waals surface area contributed by atoms with Crippen LogP contribution in [0.1, 0.15) is 79.9 Å². The van der Waals surface area contributed by atoms with Crippen molar-refractivity contribution in [3.63, 3.8) is 0 Å². The number of nitrogens with zero attached hydrogens (tertiary/aromatic N) is 2. The Morgan fingerprint density at radius 1 is 0.977 bits per heavy atom. The topological polar surface area (TPSA) is 125 Å².